The smallest absolute Gasteiger partial charge is 0.307 e. The SMILES string of the molecule is Cc1cnc(-c2cn(Cc3ccccc3CC(=O)O)nn2)c(C)c1. The summed E-state index contributed by atoms with van der Waals surface area (Å²) in [5.74, 6) is -0.846. The van der Waals surface area contributed by atoms with Crippen molar-refractivity contribution in [3.63, 3.8) is 0 Å². The lowest BCUT2D eigenvalue weighted by atomic mass is 10.0. The maximum Gasteiger partial charge on any atom is 0.307 e. The van der Waals surface area contributed by atoms with Gasteiger partial charge in [-0.15, -0.1) is 5.10 Å². The second-order valence-electron chi connectivity index (χ2n) is 5.82. The highest BCUT2D eigenvalue weighted by Crippen LogP contribution is 2.19. The van der Waals surface area contributed by atoms with E-state index < -0.39 is 5.97 Å². The Balaban J connectivity index is 1.86. The molecule has 0 bridgehead atoms. The summed E-state index contributed by atoms with van der Waals surface area (Å²) in [5.41, 5.74) is 5.38. The molecule has 24 heavy (non-hydrogen) atoms. The highest BCUT2D eigenvalue weighted by molar-refractivity contribution is 5.70. The summed E-state index contributed by atoms with van der Waals surface area (Å²) in [6.07, 6.45) is 3.64. The van der Waals surface area contributed by atoms with Crippen LogP contribution in [0, 0.1) is 13.8 Å². The van der Waals surface area contributed by atoms with Gasteiger partial charge in [-0.05, 0) is 36.1 Å². The molecule has 2 aromatic heterocycles. The van der Waals surface area contributed by atoms with Crippen LogP contribution in [-0.4, -0.2) is 31.1 Å². The molecular weight excluding hydrogens is 304 g/mol. The zero-order valence-corrected chi connectivity index (χ0v) is 13.6. The summed E-state index contributed by atoms with van der Waals surface area (Å²) >= 11 is 0. The number of benzene rings is 1. The summed E-state index contributed by atoms with van der Waals surface area (Å²) in [4.78, 5) is 15.4. The Morgan fingerprint density at radius 1 is 1.21 bits per heavy atom. The first-order chi connectivity index (χ1) is 11.5. The van der Waals surface area contributed by atoms with Crippen LogP contribution in [0.4, 0.5) is 0 Å². The van der Waals surface area contributed by atoms with Gasteiger partial charge in [-0.2, -0.15) is 0 Å². The second-order valence-corrected chi connectivity index (χ2v) is 5.82. The molecule has 3 aromatic rings. The van der Waals surface area contributed by atoms with E-state index in [1.165, 1.54) is 0 Å². The molecule has 0 amide bonds. The van der Waals surface area contributed by atoms with E-state index in [-0.39, 0.29) is 6.42 Å². The van der Waals surface area contributed by atoms with Gasteiger partial charge in [0.15, 0.2) is 0 Å². The fourth-order valence-corrected chi connectivity index (χ4v) is 2.69. The van der Waals surface area contributed by atoms with Gasteiger partial charge in [-0.25, -0.2) is 4.68 Å². The Morgan fingerprint density at radius 3 is 2.67 bits per heavy atom. The van der Waals surface area contributed by atoms with E-state index in [0.717, 1.165) is 27.9 Å². The van der Waals surface area contributed by atoms with Crippen molar-refractivity contribution in [1.82, 2.24) is 20.0 Å². The molecule has 122 valence electrons. The Labute approximate surface area is 139 Å². The molecule has 6 nitrogen and oxygen atoms in total. The second kappa shape index (κ2) is 6.62. The van der Waals surface area contributed by atoms with Gasteiger partial charge in [0.1, 0.15) is 5.69 Å². The zero-order valence-electron chi connectivity index (χ0n) is 13.6. The van der Waals surface area contributed by atoms with Gasteiger partial charge in [0.05, 0.1) is 24.9 Å². The molecule has 0 saturated heterocycles. The number of carbonyl (C=O) groups is 1. The number of carboxylic acid groups (broad SMARTS) is 1. The van der Waals surface area contributed by atoms with Crippen molar-refractivity contribution in [3.05, 3.63) is 65.0 Å². The molecule has 1 N–H and O–H groups in total. The van der Waals surface area contributed by atoms with Gasteiger partial charge >= 0.3 is 5.97 Å². The van der Waals surface area contributed by atoms with Crippen LogP contribution in [0.3, 0.4) is 0 Å². The molecule has 0 aliphatic carbocycles. The standard InChI is InChI=1S/C18H18N4O2/c1-12-7-13(2)18(19-9-12)16-11-22(21-20-16)10-15-6-4-3-5-14(15)8-17(23)24/h3-7,9,11H,8,10H2,1-2H3,(H,23,24). The van der Waals surface area contributed by atoms with Crippen molar-refractivity contribution in [3.8, 4) is 11.4 Å². The third kappa shape index (κ3) is 3.48. The van der Waals surface area contributed by atoms with Crippen LogP contribution in [0.5, 0.6) is 0 Å². The van der Waals surface area contributed by atoms with Crippen LogP contribution < -0.4 is 0 Å². The number of aromatic nitrogens is 4. The zero-order chi connectivity index (χ0) is 17.1. The molecule has 1 aromatic carbocycles. The number of hydrogen-bond acceptors (Lipinski definition) is 4. The maximum absolute atomic E-state index is 11.0. The number of pyridine rings is 1. The number of aliphatic carboxylic acids is 1. The van der Waals surface area contributed by atoms with E-state index in [2.05, 4.69) is 21.4 Å². The van der Waals surface area contributed by atoms with Crippen LogP contribution in [-0.2, 0) is 17.8 Å². The van der Waals surface area contributed by atoms with Crippen LogP contribution >= 0.6 is 0 Å². The number of hydrogen-bond donors (Lipinski definition) is 1. The lowest BCUT2D eigenvalue weighted by molar-refractivity contribution is -0.136. The van der Waals surface area contributed by atoms with E-state index in [1.807, 2.05) is 50.5 Å². The fraction of sp³-hybridized carbons (Fsp3) is 0.222. The summed E-state index contributed by atoms with van der Waals surface area (Å²) in [5, 5.41) is 17.4. The van der Waals surface area contributed by atoms with E-state index in [1.54, 1.807) is 4.68 Å². The molecule has 2 heterocycles. The Bertz CT molecular complexity index is 886. The summed E-state index contributed by atoms with van der Waals surface area (Å²) < 4.78 is 1.71. The molecule has 3 rings (SSSR count). The first kappa shape index (κ1) is 15.9. The largest absolute Gasteiger partial charge is 0.481 e. The molecule has 0 saturated carbocycles. The van der Waals surface area contributed by atoms with Crippen molar-refractivity contribution in [1.29, 1.82) is 0 Å². The maximum atomic E-state index is 11.0. The van der Waals surface area contributed by atoms with Crippen LogP contribution in [0.15, 0.2) is 42.7 Å². The van der Waals surface area contributed by atoms with Crippen LogP contribution in [0.2, 0.25) is 0 Å². The molecule has 0 fully saturated rings. The molecule has 0 aliphatic heterocycles. The fourth-order valence-electron chi connectivity index (χ4n) is 2.69. The molecule has 0 unspecified atom stereocenters. The van der Waals surface area contributed by atoms with Crippen molar-refractivity contribution in [2.75, 3.05) is 0 Å². The minimum atomic E-state index is -0.846. The Morgan fingerprint density at radius 2 is 1.96 bits per heavy atom. The van der Waals surface area contributed by atoms with Gasteiger partial charge < -0.3 is 5.11 Å². The third-order valence-corrected chi connectivity index (χ3v) is 3.79. The van der Waals surface area contributed by atoms with E-state index in [0.29, 0.717) is 12.2 Å². The molecule has 0 atom stereocenters. The Kier molecular flexibility index (Phi) is 4.37. The normalized spacial score (nSPS) is 10.8. The quantitative estimate of drug-likeness (QED) is 0.781. The van der Waals surface area contributed by atoms with Crippen LogP contribution in [0.25, 0.3) is 11.4 Å². The molecule has 0 aliphatic rings. The summed E-state index contributed by atoms with van der Waals surface area (Å²) in [6.45, 7) is 4.47. The highest BCUT2D eigenvalue weighted by Gasteiger charge is 2.11. The molecule has 0 spiro atoms. The van der Waals surface area contributed by atoms with Crippen molar-refractivity contribution in [2.24, 2.45) is 0 Å². The van der Waals surface area contributed by atoms with E-state index >= 15 is 0 Å². The number of nitrogens with zero attached hydrogens (tertiary/aromatic N) is 4. The molecule has 6 heteroatoms. The number of carboxylic acids is 1. The topological polar surface area (TPSA) is 80.9 Å². The highest BCUT2D eigenvalue weighted by atomic mass is 16.4. The monoisotopic (exact) mass is 322 g/mol. The predicted molar refractivity (Wildman–Crippen MR) is 89.6 cm³/mol. The molecular formula is C18H18N4O2. The average Bonchev–Trinajstić information content (AvgIpc) is 2.97. The third-order valence-electron chi connectivity index (χ3n) is 3.79. The first-order valence-electron chi connectivity index (χ1n) is 7.65. The summed E-state index contributed by atoms with van der Waals surface area (Å²) in [7, 11) is 0. The van der Waals surface area contributed by atoms with Gasteiger partial charge in [0.2, 0.25) is 0 Å². The van der Waals surface area contributed by atoms with Gasteiger partial charge in [0.25, 0.3) is 0 Å². The number of aryl methyl sites for hydroxylation is 2. The van der Waals surface area contributed by atoms with Crippen LogP contribution in [0.1, 0.15) is 22.3 Å². The van der Waals surface area contributed by atoms with Gasteiger partial charge in [-0.1, -0.05) is 35.5 Å². The van der Waals surface area contributed by atoms with Crippen molar-refractivity contribution < 1.29 is 9.90 Å². The predicted octanol–water partition coefficient (Wildman–Crippen LogP) is 2.63. The summed E-state index contributed by atoms with van der Waals surface area (Å²) in [6, 6.07) is 9.53. The number of rotatable bonds is 5. The van der Waals surface area contributed by atoms with Gasteiger partial charge in [-0.3, -0.25) is 9.78 Å². The van der Waals surface area contributed by atoms with Gasteiger partial charge in [0, 0.05) is 6.20 Å². The van der Waals surface area contributed by atoms with E-state index in [9.17, 15) is 4.79 Å². The lowest BCUT2D eigenvalue weighted by Crippen LogP contribution is -2.07. The first-order valence-corrected chi connectivity index (χ1v) is 7.65. The lowest BCUT2D eigenvalue weighted by Gasteiger charge is -2.07. The van der Waals surface area contributed by atoms with E-state index in [4.69, 9.17) is 5.11 Å². The minimum Gasteiger partial charge on any atom is -0.481 e. The molecule has 0 radical (unpaired) electrons. The minimum absolute atomic E-state index is 0.00362. The van der Waals surface area contributed by atoms with Crippen molar-refractivity contribution >= 4 is 5.97 Å². The van der Waals surface area contributed by atoms with Crippen molar-refractivity contribution in [2.45, 2.75) is 26.8 Å². The Hall–Kier alpha value is -3.02. The average molecular weight is 322 g/mol.